The topological polar surface area (TPSA) is 38.8 Å². The molecular weight excluding hydrogens is 290 g/mol. The molecule has 3 rings (SSSR count). The summed E-state index contributed by atoms with van der Waals surface area (Å²) in [5.74, 6) is 0. The Labute approximate surface area is 135 Å². The molecule has 1 saturated heterocycles. The molecule has 2 aromatic rings. The third-order valence-corrected chi connectivity index (χ3v) is 3.83. The molecule has 0 unspecified atom stereocenters. The second-order valence-corrected chi connectivity index (χ2v) is 5.41. The Bertz CT molecular complexity index is 657. The fraction of sp³-hybridized carbons (Fsp3) is 0.211. The number of carbonyl (C=O) groups is 1. The number of hydrogen-bond acceptors (Lipinski definition) is 3. The molecule has 1 heterocycles. The van der Waals surface area contributed by atoms with Gasteiger partial charge in [-0.15, -0.1) is 6.58 Å². The summed E-state index contributed by atoms with van der Waals surface area (Å²) >= 11 is 0. The second kappa shape index (κ2) is 7.11. The molecule has 1 aliphatic heterocycles. The van der Waals surface area contributed by atoms with Crippen molar-refractivity contribution in [3.8, 4) is 0 Å². The smallest absolute Gasteiger partial charge is 0.434 e. The van der Waals surface area contributed by atoms with Gasteiger partial charge in [0.15, 0.2) is 0 Å². The lowest BCUT2D eigenvalue weighted by Crippen LogP contribution is -2.33. The first-order valence-corrected chi connectivity index (χ1v) is 7.62. The normalized spacial score (nSPS) is 20.3. The number of carbonyl (C=O) groups excluding carboxylic acids is 1. The Morgan fingerprint density at radius 2 is 1.83 bits per heavy atom. The van der Waals surface area contributed by atoms with Crippen LogP contribution in [0.1, 0.15) is 23.7 Å². The minimum absolute atomic E-state index is 0.163. The lowest BCUT2D eigenvalue weighted by Gasteiger charge is -2.19. The molecule has 23 heavy (non-hydrogen) atoms. The maximum atomic E-state index is 12.3. The Hall–Kier alpha value is -2.59. The van der Waals surface area contributed by atoms with Crippen LogP contribution in [0.15, 0.2) is 73.3 Å². The van der Waals surface area contributed by atoms with Gasteiger partial charge in [0.25, 0.3) is 0 Å². The van der Waals surface area contributed by atoms with E-state index in [1.54, 1.807) is 6.08 Å². The van der Waals surface area contributed by atoms with Crippen LogP contribution >= 0.6 is 0 Å². The van der Waals surface area contributed by atoms with Gasteiger partial charge in [0.2, 0.25) is 0 Å². The third-order valence-electron chi connectivity index (χ3n) is 3.83. The summed E-state index contributed by atoms with van der Waals surface area (Å²) < 4.78 is 5.34. The number of hydroxylamine groups is 2. The highest BCUT2D eigenvalue weighted by molar-refractivity contribution is 5.67. The van der Waals surface area contributed by atoms with Crippen LogP contribution in [0.4, 0.5) is 4.79 Å². The quantitative estimate of drug-likeness (QED) is 0.792. The van der Waals surface area contributed by atoms with Gasteiger partial charge in [0.05, 0.1) is 6.04 Å². The molecule has 1 fully saturated rings. The molecule has 0 saturated carbocycles. The van der Waals surface area contributed by atoms with Crippen molar-refractivity contribution in [1.82, 2.24) is 5.06 Å². The fourth-order valence-electron chi connectivity index (χ4n) is 2.59. The van der Waals surface area contributed by atoms with Gasteiger partial charge in [-0.05, 0) is 11.1 Å². The number of benzene rings is 2. The molecule has 0 aliphatic carbocycles. The van der Waals surface area contributed by atoms with Gasteiger partial charge >= 0.3 is 6.09 Å². The van der Waals surface area contributed by atoms with E-state index in [1.165, 1.54) is 5.06 Å². The van der Waals surface area contributed by atoms with E-state index in [1.807, 2.05) is 60.7 Å². The van der Waals surface area contributed by atoms with E-state index in [2.05, 4.69) is 6.58 Å². The summed E-state index contributed by atoms with van der Waals surface area (Å²) in [7, 11) is 0. The van der Waals surface area contributed by atoms with Crippen LogP contribution in [-0.2, 0) is 16.2 Å². The molecule has 2 atom stereocenters. The molecule has 4 nitrogen and oxygen atoms in total. The average molecular weight is 309 g/mol. The van der Waals surface area contributed by atoms with E-state index in [0.29, 0.717) is 6.42 Å². The molecule has 0 bridgehead atoms. The predicted octanol–water partition coefficient (Wildman–Crippen LogP) is 4.26. The molecule has 4 heteroatoms. The molecular formula is C19H19NO3. The van der Waals surface area contributed by atoms with Gasteiger partial charge in [-0.3, -0.25) is 4.84 Å². The standard InChI is InChI=1S/C19H19NO3/c1-2-17-13-18(16-11-7-4-8-12-16)23-20(17)19(21)22-14-15-9-5-3-6-10-15/h2-12,17-18H,1,13-14H2/t17-,18-/m0/s1. The zero-order valence-corrected chi connectivity index (χ0v) is 12.8. The van der Waals surface area contributed by atoms with Crippen LogP contribution in [0.3, 0.4) is 0 Å². The molecule has 0 N–H and O–H groups in total. The van der Waals surface area contributed by atoms with E-state index >= 15 is 0 Å². The van der Waals surface area contributed by atoms with Crippen molar-refractivity contribution >= 4 is 6.09 Å². The fourth-order valence-corrected chi connectivity index (χ4v) is 2.59. The summed E-state index contributed by atoms with van der Waals surface area (Å²) in [5.41, 5.74) is 1.98. The number of nitrogens with zero attached hydrogens (tertiary/aromatic N) is 1. The van der Waals surface area contributed by atoms with Crippen molar-refractivity contribution in [3.63, 3.8) is 0 Å². The Balaban J connectivity index is 1.64. The zero-order valence-electron chi connectivity index (χ0n) is 12.8. The molecule has 0 spiro atoms. The molecule has 2 aromatic carbocycles. The first-order chi connectivity index (χ1) is 11.3. The lowest BCUT2D eigenvalue weighted by atomic mass is 10.0. The van der Waals surface area contributed by atoms with E-state index in [4.69, 9.17) is 9.57 Å². The zero-order chi connectivity index (χ0) is 16.1. The van der Waals surface area contributed by atoms with Gasteiger partial charge < -0.3 is 4.74 Å². The number of rotatable bonds is 4. The maximum absolute atomic E-state index is 12.3. The minimum Gasteiger partial charge on any atom is -0.443 e. The van der Waals surface area contributed by atoms with Crippen molar-refractivity contribution < 1.29 is 14.4 Å². The first-order valence-electron chi connectivity index (χ1n) is 7.62. The van der Waals surface area contributed by atoms with Crippen molar-refractivity contribution in [2.75, 3.05) is 0 Å². The summed E-state index contributed by atoms with van der Waals surface area (Å²) in [4.78, 5) is 18.1. The van der Waals surface area contributed by atoms with E-state index in [0.717, 1.165) is 11.1 Å². The van der Waals surface area contributed by atoms with E-state index < -0.39 is 6.09 Å². The molecule has 0 aromatic heterocycles. The van der Waals surface area contributed by atoms with Crippen molar-refractivity contribution in [1.29, 1.82) is 0 Å². The third kappa shape index (κ3) is 3.60. The Morgan fingerprint density at radius 3 is 2.48 bits per heavy atom. The van der Waals surface area contributed by atoms with E-state index in [9.17, 15) is 4.79 Å². The summed E-state index contributed by atoms with van der Waals surface area (Å²) in [6.07, 6.45) is 1.74. The van der Waals surface area contributed by atoms with Crippen LogP contribution in [-0.4, -0.2) is 17.2 Å². The molecule has 1 aliphatic rings. The number of amides is 1. The summed E-state index contributed by atoms with van der Waals surface area (Å²) in [6, 6.07) is 19.2. The SMILES string of the molecule is C=C[C@H]1C[C@@H](c2ccccc2)ON1C(=O)OCc1ccccc1. The van der Waals surface area contributed by atoms with Crippen LogP contribution in [0.25, 0.3) is 0 Å². The van der Waals surface area contributed by atoms with Crippen LogP contribution in [0, 0.1) is 0 Å². The van der Waals surface area contributed by atoms with Crippen LogP contribution < -0.4 is 0 Å². The highest BCUT2D eigenvalue weighted by atomic mass is 16.7. The van der Waals surface area contributed by atoms with Gasteiger partial charge in [0, 0.05) is 6.42 Å². The monoisotopic (exact) mass is 309 g/mol. The van der Waals surface area contributed by atoms with Crippen molar-refractivity contribution in [2.45, 2.75) is 25.2 Å². The highest BCUT2D eigenvalue weighted by Crippen LogP contribution is 2.34. The Kier molecular flexibility index (Phi) is 4.74. The first kappa shape index (κ1) is 15.3. The molecule has 118 valence electrons. The lowest BCUT2D eigenvalue weighted by molar-refractivity contribution is -0.137. The summed E-state index contributed by atoms with van der Waals surface area (Å²) in [5, 5.41) is 1.29. The highest BCUT2D eigenvalue weighted by Gasteiger charge is 2.37. The second-order valence-electron chi connectivity index (χ2n) is 5.41. The van der Waals surface area contributed by atoms with Gasteiger partial charge in [-0.25, -0.2) is 4.79 Å². The molecule has 1 amide bonds. The van der Waals surface area contributed by atoms with Gasteiger partial charge in [-0.1, -0.05) is 66.7 Å². The largest absolute Gasteiger partial charge is 0.443 e. The van der Waals surface area contributed by atoms with Crippen molar-refractivity contribution in [2.24, 2.45) is 0 Å². The Morgan fingerprint density at radius 1 is 1.17 bits per heavy atom. The average Bonchev–Trinajstić information content (AvgIpc) is 3.06. The summed E-state index contributed by atoms with van der Waals surface area (Å²) in [6.45, 7) is 4.01. The van der Waals surface area contributed by atoms with Gasteiger partial charge in [0.1, 0.15) is 12.7 Å². The minimum atomic E-state index is -0.489. The van der Waals surface area contributed by atoms with E-state index in [-0.39, 0.29) is 18.8 Å². The predicted molar refractivity (Wildman–Crippen MR) is 87.3 cm³/mol. The molecule has 0 radical (unpaired) electrons. The van der Waals surface area contributed by atoms with Crippen LogP contribution in [0.2, 0.25) is 0 Å². The van der Waals surface area contributed by atoms with Gasteiger partial charge in [-0.2, -0.15) is 5.06 Å². The van der Waals surface area contributed by atoms with Crippen LogP contribution in [0.5, 0.6) is 0 Å². The van der Waals surface area contributed by atoms with Crippen molar-refractivity contribution in [3.05, 3.63) is 84.4 Å². The number of hydrogen-bond donors (Lipinski definition) is 0. The number of ether oxygens (including phenoxy) is 1. The maximum Gasteiger partial charge on any atom is 0.434 e.